The van der Waals surface area contributed by atoms with Gasteiger partial charge in [0.2, 0.25) is 10.0 Å². The molecular formula is C21H21N3O3S2. The van der Waals surface area contributed by atoms with Crippen LogP contribution in [0.2, 0.25) is 0 Å². The molecule has 3 rings (SSSR count). The van der Waals surface area contributed by atoms with E-state index in [2.05, 4.69) is 10.9 Å². The number of hydrogen-bond donors (Lipinski definition) is 0. The molecule has 29 heavy (non-hydrogen) atoms. The van der Waals surface area contributed by atoms with Gasteiger partial charge in [0.25, 0.3) is 5.91 Å². The lowest BCUT2D eigenvalue weighted by Crippen LogP contribution is -2.33. The minimum Gasteiger partial charge on any atom is -0.305 e. The molecule has 0 N–H and O–H groups in total. The Balaban J connectivity index is 1.98. The molecule has 0 radical (unpaired) electrons. The predicted octanol–water partition coefficient (Wildman–Crippen LogP) is 3.11. The summed E-state index contributed by atoms with van der Waals surface area (Å²) < 4.78 is 29.2. The molecule has 3 aromatic rings. The zero-order valence-corrected chi connectivity index (χ0v) is 18.0. The molecule has 0 saturated carbocycles. The maximum Gasteiger partial charge on any atom is 0.279 e. The molecule has 6 nitrogen and oxygen atoms in total. The van der Waals surface area contributed by atoms with E-state index < -0.39 is 15.9 Å². The van der Waals surface area contributed by atoms with Crippen LogP contribution in [-0.4, -0.2) is 36.3 Å². The molecule has 0 atom stereocenters. The van der Waals surface area contributed by atoms with Crippen molar-refractivity contribution in [2.24, 2.45) is 4.99 Å². The van der Waals surface area contributed by atoms with E-state index >= 15 is 0 Å². The first-order valence-electron chi connectivity index (χ1n) is 8.94. The number of carbonyl (C=O) groups is 1. The highest BCUT2D eigenvalue weighted by molar-refractivity contribution is 7.89. The van der Waals surface area contributed by atoms with Crippen LogP contribution in [0.1, 0.15) is 24.2 Å². The summed E-state index contributed by atoms with van der Waals surface area (Å²) in [6.07, 6.45) is 5.47. The van der Waals surface area contributed by atoms with E-state index in [4.69, 9.17) is 6.42 Å². The highest BCUT2D eigenvalue weighted by atomic mass is 32.2. The number of aromatic nitrogens is 1. The third-order valence-electron chi connectivity index (χ3n) is 4.54. The number of fused-ring (bicyclic) bond motifs is 1. The third-order valence-corrected chi connectivity index (χ3v) is 7.65. The second-order valence-electron chi connectivity index (χ2n) is 6.70. The van der Waals surface area contributed by atoms with E-state index in [9.17, 15) is 13.2 Å². The number of terminal acetylenes is 1. The molecule has 0 spiro atoms. The van der Waals surface area contributed by atoms with E-state index in [1.165, 1.54) is 47.0 Å². The van der Waals surface area contributed by atoms with Crippen LogP contribution in [0.3, 0.4) is 0 Å². The standard InChI is InChI=1S/C21H21N3O3S2/c1-5-14-24-18-8-6-7-9-19(18)28-21(24)22-20(25)16-10-12-17(13-11-16)29(26,27)23(4)15(2)3/h1,6-13,15H,14H2,2-4H3. The molecule has 0 fully saturated rings. The van der Waals surface area contributed by atoms with Crippen molar-refractivity contribution in [2.75, 3.05) is 7.05 Å². The van der Waals surface area contributed by atoms with Crippen molar-refractivity contribution in [2.45, 2.75) is 31.3 Å². The van der Waals surface area contributed by atoms with Gasteiger partial charge < -0.3 is 4.57 Å². The van der Waals surface area contributed by atoms with Gasteiger partial charge in [0.1, 0.15) is 0 Å². The fraction of sp³-hybridized carbons (Fsp3) is 0.238. The summed E-state index contributed by atoms with van der Waals surface area (Å²) in [4.78, 5) is 17.5. The zero-order chi connectivity index (χ0) is 21.2. The summed E-state index contributed by atoms with van der Waals surface area (Å²) in [7, 11) is -2.08. The molecule has 0 aliphatic carbocycles. The van der Waals surface area contributed by atoms with Gasteiger partial charge in [0.15, 0.2) is 4.80 Å². The first-order valence-corrected chi connectivity index (χ1v) is 11.2. The van der Waals surface area contributed by atoms with Crippen molar-refractivity contribution in [3.8, 4) is 12.3 Å². The van der Waals surface area contributed by atoms with E-state index in [-0.39, 0.29) is 10.9 Å². The molecular weight excluding hydrogens is 406 g/mol. The van der Waals surface area contributed by atoms with Gasteiger partial charge in [-0.15, -0.1) is 6.42 Å². The summed E-state index contributed by atoms with van der Waals surface area (Å²) in [5.41, 5.74) is 1.22. The monoisotopic (exact) mass is 427 g/mol. The van der Waals surface area contributed by atoms with Gasteiger partial charge in [0, 0.05) is 18.7 Å². The summed E-state index contributed by atoms with van der Waals surface area (Å²) in [5, 5.41) is 0. The van der Waals surface area contributed by atoms with Crippen LogP contribution in [0.25, 0.3) is 10.2 Å². The number of hydrogen-bond acceptors (Lipinski definition) is 4. The van der Waals surface area contributed by atoms with Gasteiger partial charge in [-0.25, -0.2) is 8.42 Å². The van der Waals surface area contributed by atoms with Crippen LogP contribution < -0.4 is 4.80 Å². The van der Waals surface area contributed by atoms with Crippen molar-refractivity contribution in [1.29, 1.82) is 0 Å². The SMILES string of the molecule is C#CCn1c(=NC(=O)c2ccc(S(=O)(=O)N(C)C(C)C)cc2)sc2ccccc21. The lowest BCUT2D eigenvalue weighted by molar-refractivity contribution is 0.0998. The molecule has 2 aromatic carbocycles. The topological polar surface area (TPSA) is 71.7 Å². The maximum atomic E-state index is 12.7. The average Bonchev–Trinajstić information content (AvgIpc) is 3.05. The summed E-state index contributed by atoms with van der Waals surface area (Å²) >= 11 is 1.38. The van der Waals surface area contributed by atoms with E-state index in [0.29, 0.717) is 16.9 Å². The molecule has 150 valence electrons. The molecule has 0 bridgehead atoms. The lowest BCUT2D eigenvalue weighted by atomic mass is 10.2. The average molecular weight is 428 g/mol. The molecule has 1 heterocycles. The van der Waals surface area contributed by atoms with Crippen LogP contribution in [-0.2, 0) is 16.6 Å². The van der Waals surface area contributed by atoms with Gasteiger partial charge in [0.05, 0.1) is 21.7 Å². The highest BCUT2D eigenvalue weighted by Crippen LogP contribution is 2.19. The first kappa shape index (κ1) is 21.0. The molecule has 0 aliphatic rings. The minimum absolute atomic E-state index is 0.134. The van der Waals surface area contributed by atoms with Gasteiger partial charge in [-0.2, -0.15) is 9.30 Å². The fourth-order valence-corrected chi connectivity index (χ4v) is 5.11. The second-order valence-corrected chi connectivity index (χ2v) is 9.71. The van der Waals surface area contributed by atoms with E-state index in [1.54, 1.807) is 13.8 Å². The van der Waals surface area contributed by atoms with Crippen molar-refractivity contribution < 1.29 is 13.2 Å². The lowest BCUT2D eigenvalue weighted by Gasteiger charge is -2.20. The molecule has 0 saturated heterocycles. The number of amides is 1. The predicted molar refractivity (Wildman–Crippen MR) is 115 cm³/mol. The van der Waals surface area contributed by atoms with Crippen LogP contribution in [0.4, 0.5) is 0 Å². The van der Waals surface area contributed by atoms with Crippen molar-refractivity contribution >= 4 is 37.5 Å². The molecule has 1 amide bonds. The van der Waals surface area contributed by atoms with Crippen LogP contribution in [0.15, 0.2) is 58.4 Å². The number of carbonyl (C=O) groups excluding carboxylic acids is 1. The van der Waals surface area contributed by atoms with Crippen molar-refractivity contribution in [1.82, 2.24) is 8.87 Å². The molecule has 0 unspecified atom stereocenters. The van der Waals surface area contributed by atoms with Crippen LogP contribution in [0.5, 0.6) is 0 Å². The normalized spacial score (nSPS) is 12.6. The smallest absolute Gasteiger partial charge is 0.279 e. The zero-order valence-electron chi connectivity index (χ0n) is 16.4. The Morgan fingerprint density at radius 2 is 1.86 bits per heavy atom. The van der Waals surface area contributed by atoms with Crippen LogP contribution in [0, 0.1) is 12.3 Å². The molecule has 1 aromatic heterocycles. The molecule has 0 aliphatic heterocycles. The summed E-state index contributed by atoms with van der Waals surface area (Å²) in [6.45, 7) is 3.89. The Labute approximate surface area is 174 Å². The number of para-hydroxylation sites is 1. The van der Waals surface area contributed by atoms with E-state index in [0.717, 1.165) is 10.2 Å². The third kappa shape index (κ3) is 4.17. The number of rotatable bonds is 5. The number of nitrogens with zero attached hydrogens (tertiary/aromatic N) is 3. The largest absolute Gasteiger partial charge is 0.305 e. The van der Waals surface area contributed by atoms with E-state index in [1.807, 2.05) is 28.8 Å². The Morgan fingerprint density at radius 1 is 1.21 bits per heavy atom. The number of thiazole rings is 1. The Bertz CT molecular complexity index is 1260. The summed E-state index contributed by atoms with van der Waals surface area (Å²) in [5.74, 6) is 2.13. The van der Waals surface area contributed by atoms with Gasteiger partial charge in [-0.05, 0) is 50.2 Å². The number of benzene rings is 2. The maximum absolute atomic E-state index is 12.7. The Kier molecular flexibility index (Phi) is 6.03. The second kappa shape index (κ2) is 8.33. The summed E-state index contributed by atoms with van der Waals surface area (Å²) in [6, 6.07) is 13.3. The van der Waals surface area contributed by atoms with Crippen molar-refractivity contribution in [3.05, 3.63) is 58.9 Å². The van der Waals surface area contributed by atoms with Gasteiger partial charge >= 0.3 is 0 Å². The fourth-order valence-electron chi connectivity index (χ4n) is 2.71. The van der Waals surface area contributed by atoms with Crippen molar-refractivity contribution in [3.63, 3.8) is 0 Å². The first-order chi connectivity index (χ1) is 13.8. The number of sulfonamides is 1. The Hall–Kier alpha value is -2.73. The Morgan fingerprint density at radius 3 is 2.48 bits per heavy atom. The van der Waals surface area contributed by atoms with Crippen LogP contribution >= 0.6 is 11.3 Å². The minimum atomic E-state index is -3.60. The molecule has 8 heteroatoms. The highest BCUT2D eigenvalue weighted by Gasteiger charge is 2.23. The quantitative estimate of drug-likeness (QED) is 0.588. The van der Waals surface area contributed by atoms with Gasteiger partial charge in [-0.3, -0.25) is 4.79 Å². The van der Waals surface area contributed by atoms with Gasteiger partial charge in [-0.1, -0.05) is 29.4 Å².